The minimum Gasteiger partial charge on any atom is -0.324 e. The van der Waals surface area contributed by atoms with Gasteiger partial charge in [0.25, 0.3) is 0 Å². The van der Waals surface area contributed by atoms with Crippen LogP contribution in [0.15, 0.2) is 16.6 Å². The molecule has 1 aliphatic rings. The summed E-state index contributed by atoms with van der Waals surface area (Å²) in [7, 11) is 0. The molecule has 3 unspecified atom stereocenters. The Balaban J connectivity index is 2.14. The molecule has 0 spiro atoms. The van der Waals surface area contributed by atoms with Crippen LogP contribution >= 0.6 is 27.5 Å². The van der Waals surface area contributed by atoms with Gasteiger partial charge in [0.1, 0.15) is 11.6 Å². The molecular formula is C16H19BrClFN2. The largest absolute Gasteiger partial charge is 0.324 e. The summed E-state index contributed by atoms with van der Waals surface area (Å²) in [5, 5.41) is 0. The summed E-state index contributed by atoms with van der Waals surface area (Å²) < 4.78 is 16.5. The van der Waals surface area contributed by atoms with Crippen LogP contribution in [0.3, 0.4) is 0 Å². The maximum Gasteiger partial charge on any atom is 0.139 e. The van der Waals surface area contributed by atoms with E-state index in [-0.39, 0.29) is 5.82 Å². The van der Waals surface area contributed by atoms with Crippen LogP contribution in [0.4, 0.5) is 4.39 Å². The quantitative estimate of drug-likeness (QED) is 0.620. The van der Waals surface area contributed by atoms with E-state index >= 15 is 0 Å². The average Bonchev–Trinajstić information content (AvgIpc) is 2.77. The third kappa shape index (κ3) is 2.72. The van der Waals surface area contributed by atoms with Crippen molar-refractivity contribution in [2.45, 2.75) is 45.0 Å². The van der Waals surface area contributed by atoms with Crippen molar-refractivity contribution >= 4 is 38.6 Å². The SMILES string of the molecule is CC1CCC(n2c(CCl)nc3cc(F)c(Br)cc32)C(C)C1. The number of hydrogen-bond donors (Lipinski definition) is 0. The van der Waals surface area contributed by atoms with Gasteiger partial charge in [-0.1, -0.05) is 13.8 Å². The van der Waals surface area contributed by atoms with E-state index < -0.39 is 0 Å². The molecule has 1 aliphatic carbocycles. The predicted octanol–water partition coefficient (Wildman–Crippen LogP) is 5.67. The topological polar surface area (TPSA) is 17.8 Å². The zero-order valence-corrected chi connectivity index (χ0v) is 14.6. The Kier molecular flexibility index (Phi) is 4.28. The molecule has 1 fully saturated rings. The van der Waals surface area contributed by atoms with Gasteiger partial charge in [-0.25, -0.2) is 9.37 Å². The number of nitrogens with zero attached hydrogens (tertiary/aromatic N) is 2. The molecule has 0 N–H and O–H groups in total. The smallest absolute Gasteiger partial charge is 0.139 e. The first-order valence-electron chi connectivity index (χ1n) is 7.43. The fourth-order valence-corrected chi connectivity index (χ4v) is 4.16. The van der Waals surface area contributed by atoms with Crippen molar-refractivity contribution < 1.29 is 4.39 Å². The lowest BCUT2D eigenvalue weighted by Gasteiger charge is -2.34. The summed E-state index contributed by atoms with van der Waals surface area (Å²) in [6, 6.07) is 3.72. The average molecular weight is 374 g/mol. The second-order valence-electron chi connectivity index (χ2n) is 6.25. The van der Waals surface area contributed by atoms with Crippen molar-refractivity contribution in [3.05, 3.63) is 28.2 Å². The van der Waals surface area contributed by atoms with Crippen LogP contribution < -0.4 is 0 Å². The van der Waals surface area contributed by atoms with Crippen LogP contribution in [-0.4, -0.2) is 9.55 Å². The standard InChI is InChI=1S/C16H19BrClFN2/c1-9-3-4-14(10(2)5-9)21-15-6-11(17)12(19)7-13(15)20-16(21)8-18/h6-7,9-10,14H,3-5,8H2,1-2H3. The highest BCUT2D eigenvalue weighted by Crippen LogP contribution is 2.40. The van der Waals surface area contributed by atoms with E-state index in [1.165, 1.54) is 18.9 Å². The molecule has 3 rings (SSSR count). The second-order valence-corrected chi connectivity index (χ2v) is 7.37. The van der Waals surface area contributed by atoms with E-state index in [0.717, 1.165) is 23.7 Å². The number of alkyl halides is 1. The number of hydrogen-bond acceptors (Lipinski definition) is 1. The van der Waals surface area contributed by atoms with Crippen molar-refractivity contribution in [1.29, 1.82) is 0 Å². The van der Waals surface area contributed by atoms with Crippen LogP contribution in [0.1, 0.15) is 45.0 Å². The molecule has 1 heterocycles. The van der Waals surface area contributed by atoms with Gasteiger partial charge < -0.3 is 4.57 Å². The fourth-order valence-electron chi connectivity index (χ4n) is 3.64. The lowest BCUT2D eigenvalue weighted by atomic mass is 9.79. The highest BCUT2D eigenvalue weighted by molar-refractivity contribution is 9.10. The molecule has 1 aromatic carbocycles. The Morgan fingerprint density at radius 3 is 2.81 bits per heavy atom. The highest BCUT2D eigenvalue weighted by atomic mass is 79.9. The Labute approximate surface area is 137 Å². The van der Waals surface area contributed by atoms with E-state index in [1.807, 2.05) is 6.07 Å². The fraction of sp³-hybridized carbons (Fsp3) is 0.562. The molecule has 1 aromatic heterocycles. The Hall–Kier alpha value is -0.610. The van der Waals surface area contributed by atoms with Crippen LogP contribution in [-0.2, 0) is 5.88 Å². The summed E-state index contributed by atoms with van der Waals surface area (Å²) in [6.45, 7) is 4.61. The minimum absolute atomic E-state index is 0.279. The first-order chi connectivity index (χ1) is 10.0. The molecule has 21 heavy (non-hydrogen) atoms. The molecular weight excluding hydrogens is 355 g/mol. The zero-order chi connectivity index (χ0) is 15.1. The molecule has 0 bridgehead atoms. The molecule has 2 aromatic rings. The third-order valence-electron chi connectivity index (χ3n) is 4.64. The number of aromatic nitrogens is 2. The summed E-state index contributed by atoms with van der Waals surface area (Å²) in [5.41, 5.74) is 1.67. The maximum atomic E-state index is 13.7. The molecule has 5 heteroatoms. The monoisotopic (exact) mass is 372 g/mol. The van der Waals surface area contributed by atoms with Gasteiger partial charge in [-0.15, -0.1) is 11.6 Å². The van der Waals surface area contributed by atoms with E-state index in [1.54, 1.807) is 0 Å². The molecule has 0 aliphatic heterocycles. The number of rotatable bonds is 2. The van der Waals surface area contributed by atoms with Gasteiger partial charge >= 0.3 is 0 Å². The Morgan fingerprint density at radius 2 is 2.14 bits per heavy atom. The first-order valence-corrected chi connectivity index (χ1v) is 8.75. The lowest BCUT2D eigenvalue weighted by Crippen LogP contribution is -2.25. The van der Waals surface area contributed by atoms with Gasteiger partial charge in [0.15, 0.2) is 0 Å². The predicted molar refractivity (Wildman–Crippen MR) is 88.2 cm³/mol. The van der Waals surface area contributed by atoms with Crippen molar-refractivity contribution in [1.82, 2.24) is 9.55 Å². The van der Waals surface area contributed by atoms with Gasteiger partial charge in [-0.05, 0) is 53.1 Å². The first kappa shape index (κ1) is 15.3. The van der Waals surface area contributed by atoms with E-state index in [4.69, 9.17) is 11.6 Å². The number of imidazole rings is 1. The summed E-state index contributed by atoms with van der Waals surface area (Å²) in [5.74, 6) is 2.27. The molecule has 0 radical (unpaired) electrons. The van der Waals surface area contributed by atoms with Crippen LogP contribution in [0.2, 0.25) is 0 Å². The summed E-state index contributed by atoms with van der Waals surface area (Å²) >= 11 is 9.37. The van der Waals surface area contributed by atoms with Crippen molar-refractivity contribution in [2.24, 2.45) is 11.8 Å². The minimum atomic E-state index is -0.279. The lowest BCUT2D eigenvalue weighted by molar-refractivity contribution is 0.209. The van der Waals surface area contributed by atoms with Gasteiger partial charge in [0, 0.05) is 12.1 Å². The normalized spacial score (nSPS) is 26.4. The number of fused-ring (bicyclic) bond motifs is 1. The third-order valence-corrected chi connectivity index (χ3v) is 5.49. The second kappa shape index (κ2) is 5.88. The van der Waals surface area contributed by atoms with Crippen LogP contribution in [0, 0.1) is 17.7 Å². The molecule has 0 amide bonds. The summed E-state index contributed by atoms with van der Waals surface area (Å²) in [6.07, 6.45) is 3.57. The van der Waals surface area contributed by atoms with Gasteiger partial charge in [-0.2, -0.15) is 0 Å². The highest BCUT2D eigenvalue weighted by Gasteiger charge is 2.29. The van der Waals surface area contributed by atoms with Crippen molar-refractivity contribution in [2.75, 3.05) is 0 Å². The Morgan fingerprint density at radius 1 is 1.38 bits per heavy atom. The molecule has 2 nitrogen and oxygen atoms in total. The maximum absolute atomic E-state index is 13.7. The van der Waals surface area contributed by atoms with Crippen molar-refractivity contribution in [3.8, 4) is 0 Å². The molecule has 3 atom stereocenters. The van der Waals surface area contributed by atoms with Gasteiger partial charge in [-0.3, -0.25) is 0 Å². The van der Waals surface area contributed by atoms with E-state index in [9.17, 15) is 4.39 Å². The summed E-state index contributed by atoms with van der Waals surface area (Å²) in [4.78, 5) is 4.53. The number of halogens is 3. The van der Waals surface area contributed by atoms with E-state index in [2.05, 4.69) is 39.3 Å². The van der Waals surface area contributed by atoms with Crippen LogP contribution in [0.5, 0.6) is 0 Å². The molecule has 1 saturated carbocycles. The number of benzene rings is 1. The van der Waals surface area contributed by atoms with Crippen LogP contribution in [0.25, 0.3) is 11.0 Å². The molecule has 114 valence electrons. The van der Waals surface area contributed by atoms with Gasteiger partial charge in [0.2, 0.25) is 0 Å². The van der Waals surface area contributed by atoms with Gasteiger partial charge in [0.05, 0.1) is 21.4 Å². The van der Waals surface area contributed by atoms with E-state index in [0.29, 0.717) is 27.8 Å². The van der Waals surface area contributed by atoms with Crippen molar-refractivity contribution in [3.63, 3.8) is 0 Å². The molecule has 0 saturated heterocycles. The Bertz CT molecular complexity index is 670. The zero-order valence-electron chi connectivity index (χ0n) is 12.2.